The molecule has 4 aromatic carbocycles. The van der Waals surface area contributed by atoms with Crippen molar-refractivity contribution < 1.29 is 14.2 Å². The summed E-state index contributed by atoms with van der Waals surface area (Å²) in [7, 11) is 1.67. The first-order valence-corrected chi connectivity index (χ1v) is 11.6. The van der Waals surface area contributed by atoms with Crippen molar-refractivity contribution in [1.29, 1.82) is 0 Å². The molecule has 4 aromatic rings. The van der Waals surface area contributed by atoms with Crippen molar-refractivity contribution in [2.75, 3.05) is 33.5 Å². The van der Waals surface area contributed by atoms with Crippen LogP contribution in [0.5, 0.6) is 5.75 Å². The van der Waals surface area contributed by atoms with Gasteiger partial charge in [-0.2, -0.15) is 0 Å². The molecule has 0 aliphatic carbocycles. The van der Waals surface area contributed by atoms with E-state index in [0.29, 0.717) is 26.4 Å². The third kappa shape index (κ3) is 6.44. The maximum absolute atomic E-state index is 6.02. The number of hydrogen-bond acceptors (Lipinski definition) is 3. The Labute approximate surface area is 202 Å². The normalized spacial score (nSPS) is 11.4. The number of ether oxygens (including phenoxy) is 3. The summed E-state index contributed by atoms with van der Waals surface area (Å²) >= 11 is 0. The van der Waals surface area contributed by atoms with Crippen LogP contribution in [0.15, 0.2) is 109 Å². The summed E-state index contributed by atoms with van der Waals surface area (Å²) in [5, 5.41) is 0. The topological polar surface area (TPSA) is 27.7 Å². The Morgan fingerprint density at radius 2 is 1.24 bits per heavy atom. The van der Waals surface area contributed by atoms with E-state index in [1.807, 2.05) is 30.3 Å². The van der Waals surface area contributed by atoms with E-state index in [4.69, 9.17) is 14.2 Å². The molecule has 0 radical (unpaired) electrons. The minimum atomic E-state index is 0.497. The van der Waals surface area contributed by atoms with E-state index < -0.39 is 0 Å². The third-order valence-corrected chi connectivity index (χ3v) is 5.51. The fourth-order valence-corrected chi connectivity index (χ4v) is 3.78. The minimum absolute atomic E-state index is 0.497. The van der Waals surface area contributed by atoms with Gasteiger partial charge < -0.3 is 14.2 Å². The van der Waals surface area contributed by atoms with E-state index in [-0.39, 0.29) is 0 Å². The predicted molar refractivity (Wildman–Crippen MR) is 140 cm³/mol. The molecule has 0 aromatic heterocycles. The summed E-state index contributed by atoms with van der Waals surface area (Å²) in [5.41, 5.74) is 6.92. The fourth-order valence-electron chi connectivity index (χ4n) is 3.78. The molecule has 0 amide bonds. The molecule has 0 atom stereocenters. The highest BCUT2D eigenvalue weighted by Crippen LogP contribution is 2.32. The van der Waals surface area contributed by atoms with Crippen molar-refractivity contribution in [3.05, 3.63) is 126 Å². The molecule has 0 aliphatic rings. The molecule has 172 valence electrons. The van der Waals surface area contributed by atoms with E-state index in [1.165, 1.54) is 22.3 Å². The van der Waals surface area contributed by atoms with Crippen LogP contribution in [0.25, 0.3) is 22.8 Å². The van der Waals surface area contributed by atoms with Crippen LogP contribution in [0.4, 0.5) is 0 Å². The van der Waals surface area contributed by atoms with Gasteiger partial charge in [-0.25, -0.2) is 0 Å². The van der Waals surface area contributed by atoms with Crippen LogP contribution >= 0.6 is 0 Å². The Balaban J connectivity index is 1.56. The van der Waals surface area contributed by atoms with Gasteiger partial charge in [0.05, 0.1) is 19.8 Å². The van der Waals surface area contributed by atoms with Crippen LogP contribution in [0, 0.1) is 0 Å². The second-order valence-electron chi connectivity index (χ2n) is 7.86. The molecule has 0 spiro atoms. The molecular formula is C31H30O3. The van der Waals surface area contributed by atoms with Crippen LogP contribution in [-0.4, -0.2) is 33.5 Å². The van der Waals surface area contributed by atoms with Crippen molar-refractivity contribution >= 4 is 11.6 Å². The fraction of sp³-hybridized carbons (Fsp3) is 0.161. The maximum Gasteiger partial charge on any atom is 0.127 e. The van der Waals surface area contributed by atoms with Crippen LogP contribution < -0.4 is 4.74 Å². The van der Waals surface area contributed by atoms with Gasteiger partial charge >= 0.3 is 0 Å². The molecule has 0 heterocycles. The molecule has 4 rings (SSSR count). The van der Waals surface area contributed by atoms with Crippen molar-refractivity contribution in [3.63, 3.8) is 0 Å². The van der Waals surface area contributed by atoms with Crippen molar-refractivity contribution in [2.45, 2.75) is 0 Å². The zero-order valence-corrected chi connectivity index (χ0v) is 19.5. The van der Waals surface area contributed by atoms with Gasteiger partial charge in [-0.05, 0) is 40.0 Å². The molecular weight excluding hydrogens is 420 g/mol. The van der Waals surface area contributed by atoms with Gasteiger partial charge in [0.2, 0.25) is 0 Å². The summed E-state index contributed by atoms with van der Waals surface area (Å²) in [6.07, 6.45) is 2.24. The lowest BCUT2D eigenvalue weighted by Gasteiger charge is -2.13. The van der Waals surface area contributed by atoms with Crippen molar-refractivity contribution in [3.8, 4) is 16.9 Å². The Hall–Kier alpha value is -3.66. The van der Waals surface area contributed by atoms with Gasteiger partial charge in [-0.3, -0.25) is 0 Å². The molecule has 0 saturated carbocycles. The summed E-state index contributed by atoms with van der Waals surface area (Å²) in [5.74, 6) is 0.855. The van der Waals surface area contributed by atoms with Crippen LogP contribution in [-0.2, 0) is 9.47 Å². The average molecular weight is 451 g/mol. The highest BCUT2D eigenvalue weighted by Gasteiger charge is 2.09. The zero-order chi connectivity index (χ0) is 23.4. The molecule has 34 heavy (non-hydrogen) atoms. The van der Waals surface area contributed by atoms with Gasteiger partial charge in [-0.1, -0.05) is 103 Å². The Morgan fingerprint density at radius 3 is 1.97 bits per heavy atom. The first kappa shape index (κ1) is 23.5. The molecule has 0 fully saturated rings. The van der Waals surface area contributed by atoms with Crippen LogP contribution in [0.2, 0.25) is 0 Å². The van der Waals surface area contributed by atoms with Crippen molar-refractivity contribution in [2.24, 2.45) is 0 Å². The Bertz CT molecular complexity index is 1170. The lowest BCUT2D eigenvalue weighted by molar-refractivity contribution is 0.0545. The highest BCUT2D eigenvalue weighted by atomic mass is 16.5. The van der Waals surface area contributed by atoms with Crippen molar-refractivity contribution in [1.82, 2.24) is 0 Å². The maximum atomic E-state index is 6.02. The van der Waals surface area contributed by atoms with Crippen LogP contribution in [0.3, 0.4) is 0 Å². The molecule has 0 N–H and O–H groups in total. The number of rotatable bonds is 11. The van der Waals surface area contributed by atoms with Gasteiger partial charge in [0.15, 0.2) is 0 Å². The quantitative estimate of drug-likeness (QED) is 0.182. The first-order chi connectivity index (χ1) is 16.8. The van der Waals surface area contributed by atoms with E-state index >= 15 is 0 Å². The monoisotopic (exact) mass is 450 g/mol. The van der Waals surface area contributed by atoms with Gasteiger partial charge in [0, 0.05) is 12.7 Å². The minimum Gasteiger partial charge on any atom is -0.491 e. The SMILES string of the molecule is COCCOCCOc1ccccc1-c1ccc(C(=Cc2ccccc2)c2ccccc2)cc1. The summed E-state index contributed by atoms with van der Waals surface area (Å²) in [4.78, 5) is 0. The van der Waals surface area contributed by atoms with E-state index in [0.717, 1.165) is 16.9 Å². The first-order valence-electron chi connectivity index (χ1n) is 11.6. The van der Waals surface area contributed by atoms with E-state index in [1.54, 1.807) is 7.11 Å². The number of benzene rings is 4. The molecule has 0 unspecified atom stereocenters. The summed E-state index contributed by atoms with van der Waals surface area (Å²) in [6.45, 7) is 2.19. The second kappa shape index (κ2) is 12.5. The Morgan fingerprint density at radius 1 is 0.618 bits per heavy atom. The molecule has 0 saturated heterocycles. The van der Waals surface area contributed by atoms with E-state index in [9.17, 15) is 0 Å². The summed E-state index contributed by atoms with van der Waals surface area (Å²) in [6, 6.07) is 37.8. The van der Waals surface area contributed by atoms with Gasteiger partial charge in [0.25, 0.3) is 0 Å². The van der Waals surface area contributed by atoms with Gasteiger partial charge in [0.1, 0.15) is 12.4 Å². The molecule has 0 aliphatic heterocycles. The lowest BCUT2D eigenvalue weighted by atomic mass is 9.94. The molecule has 3 nitrogen and oxygen atoms in total. The average Bonchev–Trinajstić information content (AvgIpc) is 2.91. The highest BCUT2D eigenvalue weighted by molar-refractivity contribution is 5.92. The van der Waals surface area contributed by atoms with E-state index in [2.05, 4.69) is 84.9 Å². The van der Waals surface area contributed by atoms with Gasteiger partial charge in [-0.15, -0.1) is 0 Å². The molecule has 0 bridgehead atoms. The summed E-state index contributed by atoms with van der Waals surface area (Å²) < 4.78 is 16.5. The number of methoxy groups -OCH3 is 1. The standard InChI is InChI=1S/C31H30O3/c1-32-20-21-33-22-23-34-31-15-9-8-14-29(31)27-16-18-28(19-17-27)30(26-12-6-3-7-13-26)24-25-10-4-2-5-11-25/h2-19,24H,20-23H2,1H3. The molecule has 3 heteroatoms. The third-order valence-electron chi connectivity index (χ3n) is 5.51. The number of hydrogen-bond donors (Lipinski definition) is 0. The lowest BCUT2D eigenvalue weighted by Crippen LogP contribution is -2.10. The smallest absolute Gasteiger partial charge is 0.127 e. The van der Waals surface area contributed by atoms with Crippen LogP contribution in [0.1, 0.15) is 16.7 Å². The largest absolute Gasteiger partial charge is 0.491 e. The second-order valence-corrected chi connectivity index (χ2v) is 7.86. The predicted octanol–water partition coefficient (Wildman–Crippen LogP) is 6.98. The number of para-hydroxylation sites is 1. The Kier molecular flexibility index (Phi) is 8.67. The zero-order valence-electron chi connectivity index (χ0n) is 19.5.